The Balaban J connectivity index is 1.83. The molecular formula is C20H20N4O6. The predicted octanol–water partition coefficient (Wildman–Crippen LogP) is 2.04. The monoisotopic (exact) mass is 412 g/mol. The predicted molar refractivity (Wildman–Crippen MR) is 106 cm³/mol. The summed E-state index contributed by atoms with van der Waals surface area (Å²) >= 11 is 0. The second-order valence-corrected chi connectivity index (χ2v) is 6.18. The maximum atomic E-state index is 11.6. The maximum absolute atomic E-state index is 11.6. The first-order chi connectivity index (χ1) is 14.4. The number of hydrogen-bond acceptors (Lipinski definition) is 8. The minimum absolute atomic E-state index is 0.113. The van der Waals surface area contributed by atoms with Gasteiger partial charge in [-0.3, -0.25) is 15.3 Å². The number of benzene rings is 2. The first-order valence-electron chi connectivity index (χ1n) is 8.79. The van der Waals surface area contributed by atoms with E-state index in [4.69, 9.17) is 15.3 Å². The van der Waals surface area contributed by atoms with Crippen molar-refractivity contribution in [3.63, 3.8) is 0 Å². The number of H-pyrrole nitrogens is 1. The summed E-state index contributed by atoms with van der Waals surface area (Å²) in [6.07, 6.45) is 0. The first-order valence-corrected chi connectivity index (χ1v) is 8.79. The maximum Gasteiger partial charge on any atom is 0.337 e. The molecule has 0 saturated carbocycles. The average molecular weight is 412 g/mol. The van der Waals surface area contributed by atoms with Gasteiger partial charge in [-0.2, -0.15) is 5.10 Å². The number of nitrogens with one attached hydrogen (secondary N) is 2. The molecule has 0 radical (unpaired) electrons. The molecule has 0 saturated heterocycles. The number of hydrogen-bond donors (Lipinski definition) is 4. The molecule has 0 atom stereocenters. The van der Waals surface area contributed by atoms with Crippen molar-refractivity contribution in [2.24, 2.45) is 5.84 Å². The Labute approximate surface area is 171 Å². The van der Waals surface area contributed by atoms with Crippen molar-refractivity contribution >= 4 is 11.9 Å². The molecule has 5 N–H and O–H groups in total. The Morgan fingerprint density at radius 3 is 2.50 bits per heavy atom. The zero-order chi connectivity index (χ0) is 21.7. The van der Waals surface area contributed by atoms with E-state index in [1.165, 1.54) is 13.2 Å². The van der Waals surface area contributed by atoms with E-state index in [9.17, 15) is 14.7 Å². The summed E-state index contributed by atoms with van der Waals surface area (Å²) in [5.41, 5.74) is 3.77. The highest BCUT2D eigenvalue weighted by Gasteiger charge is 2.19. The number of aromatic amines is 1. The second-order valence-electron chi connectivity index (χ2n) is 6.18. The number of methoxy groups -OCH3 is 1. The van der Waals surface area contributed by atoms with Crippen LogP contribution in [0, 0.1) is 6.92 Å². The number of phenols is 1. The van der Waals surface area contributed by atoms with E-state index >= 15 is 0 Å². The number of nitrogens with two attached hydrogens (primary N) is 1. The Morgan fingerprint density at radius 1 is 1.17 bits per heavy atom. The van der Waals surface area contributed by atoms with Crippen LogP contribution in [0.2, 0.25) is 0 Å². The van der Waals surface area contributed by atoms with Gasteiger partial charge in [-0.25, -0.2) is 10.6 Å². The van der Waals surface area contributed by atoms with Crippen LogP contribution in [0.3, 0.4) is 0 Å². The SMILES string of the molecule is COC(=O)c1ccc(Oc2c(-c3ccc(OCC(=O)NN)cc3O)n[nH]c2C)cc1. The molecule has 0 spiro atoms. The Kier molecular flexibility index (Phi) is 6.18. The number of aromatic nitrogens is 2. The zero-order valence-corrected chi connectivity index (χ0v) is 16.3. The molecule has 0 aliphatic carbocycles. The van der Waals surface area contributed by atoms with E-state index in [0.29, 0.717) is 34.0 Å². The fourth-order valence-corrected chi connectivity index (χ4v) is 2.61. The molecule has 3 aromatic rings. The van der Waals surface area contributed by atoms with E-state index in [1.54, 1.807) is 43.3 Å². The van der Waals surface area contributed by atoms with Crippen LogP contribution in [0.5, 0.6) is 23.0 Å². The molecule has 30 heavy (non-hydrogen) atoms. The molecule has 3 rings (SSSR count). The number of carbonyl (C=O) groups is 2. The van der Waals surface area contributed by atoms with Gasteiger partial charge in [0.25, 0.3) is 5.91 Å². The average Bonchev–Trinajstić information content (AvgIpc) is 3.12. The zero-order valence-electron chi connectivity index (χ0n) is 16.3. The van der Waals surface area contributed by atoms with Crippen molar-refractivity contribution in [1.82, 2.24) is 15.6 Å². The molecule has 1 aromatic heterocycles. The van der Waals surface area contributed by atoms with E-state index in [0.717, 1.165) is 0 Å². The van der Waals surface area contributed by atoms with Gasteiger partial charge >= 0.3 is 5.97 Å². The fraction of sp³-hybridized carbons (Fsp3) is 0.150. The number of phenolic OH excluding ortho intramolecular Hbond substituents is 1. The summed E-state index contributed by atoms with van der Waals surface area (Å²) in [4.78, 5) is 22.7. The van der Waals surface area contributed by atoms with Crippen LogP contribution in [0.15, 0.2) is 42.5 Å². The Hall–Kier alpha value is -4.05. The molecule has 2 aromatic carbocycles. The number of aryl methyl sites for hydroxylation is 1. The van der Waals surface area contributed by atoms with Gasteiger partial charge in [0, 0.05) is 11.6 Å². The highest BCUT2D eigenvalue weighted by molar-refractivity contribution is 5.89. The van der Waals surface area contributed by atoms with Crippen LogP contribution in [-0.2, 0) is 9.53 Å². The van der Waals surface area contributed by atoms with Gasteiger partial charge in [0.1, 0.15) is 22.9 Å². The van der Waals surface area contributed by atoms with Crippen molar-refractivity contribution in [3.8, 4) is 34.3 Å². The third-order valence-electron chi connectivity index (χ3n) is 4.14. The van der Waals surface area contributed by atoms with Crippen LogP contribution in [0.4, 0.5) is 0 Å². The molecule has 0 fully saturated rings. The largest absolute Gasteiger partial charge is 0.507 e. The molecule has 0 aliphatic rings. The summed E-state index contributed by atoms with van der Waals surface area (Å²) in [6.45, 7) is 1.49. The number of amides is 1. The van der Waals surface area contributed by atoms with E-state index in [-0.39, 0.29) is 18.1 Å². The Morgan fingerprint density at radius 2 is 1.87 bits per heavy atom. The van der Waals surface area contributed by atoms with Crippen molar-refractivity contribution in [2.75, 3.05) is 13.7 Å². The lowest BCUT2D eigenvalue weighted by molar-refractivity contribution is -0.123. The fourth-order valence-electron chi connectivity index (χ4n) is 2.61. The molecule has 0 aliphatic heterocycles. The van der Waals surface area contributed by atoms with Crippen molar-refractivity contribution in [1.29, 1.82) is 0 Å². The number of esters is 1. The number of hydrazine groups is 1. The van der Waals surface area contributed by atoms with Gasteiger partial charge in [-0.05, 0) is 43.3 Å². The van der Waals surface area contributed by atoms with E-state index in [2.05, 4.69) is 14.9 Å². The summed E-state index contributed by atoms with van der Waals surface area (Å²) in [5.74, 6) is 5.11. The van der Waals surface area contributed by atoms with E-state index < -0.39 is 11.9 Å². The van der Waals surface area contributed by atoms with Crippen molar-refractivity contribution in [2.45, 2.75) is 6.92 Å². The minimum atomic E-state index is -0.504. The number of nitrogens with zero attached hydrogens (tertiary/aromatic N) is 1. The van der Waals surface area contributed by atoms with Gasteiger partial charge in [-0.15, -0.1) is 0 Å². The van der Waals surface area contributed by atoms with Crippen LogP contribution < -0.4 is 20.7 Å². The van der Waals surface area contributed by atoms with Crippen LogP contribution >= 0.6 is 0 Å². The number of rotatable bonds is 7. The summed E-state index contributed by atoms with van der Waals surface area (Å²) in [7, 11) is 1.31. The third kappa shape index (κ3) is 4.50. The van der Waals surface area contributed by atoms with Gasteiger partial charge < -0.3 is 19.3 Å². The lowest BCUT2D eigenvalue weighted by Gasteiger charge is -2.10. The molecule has 156 valence electrons. The van der Waals surface area contributed by atoms with Crippen LogP contribution in [0.1, 0.15) is 16.1 Å². The van der Waals surface area contributed by atoms with Gasteiger partial charge in [0.05, 0.1) is 18.4 Å². The number of carbonyl (C=O) groups excluding carboxylic acids is 2. The lowest BCUT2D eigenvalue weighted by Crippen LogP contribution is -2.34. The normalized spacial score (nSPS) is 10.4. The first kappa shape index (κ1) is 20.7. The highest BCUT2D eigenvalue weighted by atomic mass is 16.5. The molecule has 0 unspecified atom stereocenters. The molecule has 10 heteroatoms. The lowest BCUT2D eigenvalue weighted by atomic mass is 10.1. The number of ether oxygens (including phenoxy) is 3. The second kappa shape index (κ2) is 8.97. The summed E-state index contributed by atoms with van der Waals surface area (Å²) in [5, 5.41) is 17.5. The molecule has 1 amide bonds. The van der Waals surface area contributed by atoms with Crippen LogP contribution in [0.25, 0.3) is 11.3 Å². The molecular weight excluding hydrogens is 392 g/mol. The van der Waals surface area contributed by atoms with Crippen LogP contribution in [-0.4, -0.2) is 40.9 Å². The van der Waals surface area contributed by atoms with Crippen molar-refractivity contribution in [3.05, 3.63) is 53.7 Å². The minimum Gasteiger partial charge on any atom is -0.507 e. The quantitative estimate of drug-likeness (QED) is 0.199. The summed E-state index contributed by atoms with van der Waals surface area (Å²) in [6, 6.07) is 10.9. The standard InChI is InChI=1S/C20H20N4O6/c1-11-19(30-13-5-3-12(4-6-13)20(27)28-2)18(24-23-11)15-8-7-14(9-16(15)25)29-10-17(26)22-21/h3-9,25H,10,21H2,1-2H3,(H,22,26)(H,23,24). The Bertz CT molecular complexity index is 1060. The van der Waals surface area contributed by atoms with Gasteiger partial charge in [0.2, 0.25) is 0 Å². The molecule has 1 heterocycles. The molecule has 0 bridgehead atoms. The number of aromatic hydroxyl groups is 1. The highest BCUT2D eigenvalue weighted by Crippen LogP contribution is 2.39. The summed E-state index contributed by atoms with van der Waals surface area (Å²) < 4.78 is 15.9. The topological polar surface area (TPSA) is 149 Å². The van der Waals surface area contributed by atoms with Gasteiger partial charge in [0.15, 0.2) is 12.4 Å². The third-order valence-corrected chi connectivity index (χ3v) is 4.14. The van der Waals surface area contributed by atoms with Gasteiger partial charge in [-0.1, -0.05) is 0 Å². The molecule has 10 nitrogen and oxygen atoms in total. The van der Waals surface area contributed by atoms with Crippen molar-refractivity contribution < 1.29 is 28.9 Å². The smallest absolute Gasteiger partial charge is 0.337 e. The van der Waals surface area contributed by atoms with E-state index in [1.807, 2.05) is 5.43 Å².